The Bertz CT molecular complexity index is 87.7. The van der Waals surface area contributed by atoms with Gasteiger partial charge in [-0.1, -0.05) is 0 Å². The highest BCUT2D eigenvalue weighted by molar-refractivity contribution is 7.40. The van der Waals surface area contributed by atoms with E-state index in [1.54, 1.807) is 0 Å². The third-order valence-corrected chi connectivity index (χ3v) is 2.50. The third kappa shape index (κ3) is 1.22. The van der Waals surface area contributed by atoms with Crippen LogP contribution in [0.3, 0.4) is 0 Å². The van der Waals surface area contributed by atoms with Crippen LogP contribution in [-0.4, -0.2) is 12.8 Å². The minimum absolute atomic E-state index is 0.403. The molecule has 40 valence electrons. The molecule has 0 aliphatic heterocycles. The van der Waals surface area contributed by atoms with Crippen molar-refractivity contribution in [3.63, 3.8) is 0 Å². The highest BCUT2D eigenvalue weighted by Crippen LogP contribution is 2.44. The van der Waals surface area contributed by atoms with Crippen LogP contribution in [0.4, 0.5) is 0 Å². The van der Waals surface area contributed by atoms with E-state index in [0.29, 0.717) is 5.66 Å². The molecule has 7 heavy (non-hydrogen) atoms. The van der Waals surface area contributed by atoms with Crippen LogP contribution in [0.1, 0.15) is 12.8 Å². The first kappa shape index (κ1) is 5.20. The molecule has 2 nitrogen and oxygen atoms in total. The lowest BCUT2D eigenvalue weighted by molar-refractivity contribution is 0.413. The molecule has 3 heteroatoms. The van der Waals surface area contributed by atoms with Crippen LogP contribution in [-0.2, 0) is 9.09 Å². The Morgan fingerprint density at radius 1 is 1.71 bits per heavy atom. The highest BCUT2D eigenvalue weighted by Gasteiger charge is 2.42. The first-order valence-corrected chi connectivity index (χ1v) is 3.59. The van der Waals surface area contributed by atoms with Gasteiger partial charge < -0.3 is 0 Å². The van der Waals surface area contributed by atoms with Gasteiger partial charge in [0.25, 0.3) is 0 Å². The first-order chi connectivity index (χ1) is 3.34. The topological polar surface area (TPSA) is 26.3 Å². The zero-order valence-electron chi connectivity index (χ0n) is 4.26. The molecule has 0 aromatic carbocycles. The highest BCUT2D eigenvalue weighted by atomic mass is 31.1. The van der Waals surface area contributed by atoms with Crippen molar-refractivity contribution in [1.82, 2.24) is 0 Å². The van der Waals surface area contributed by atoms with Crippen LogP contribution in [0, 0.1) is 0 Å². The summed E-state index contributed by atoms with van der Waals surface area (Å²) in [5, 5.41) is 0. The van der Waals surface area contributed by atoms with Crippen molar-refractivity contribution < 1.29 is 9.09 Å². The zero-order valence-corrected chi connectivity index (χ0v) is 5.15. The largest absolute Gasteiger partial charge is 0.510 e. The van der Waals surface area contributed by atoms with Crippen LogP contribution in [0.5, 0.6) is 0 Å². The van der Waals surface area contributed by atoms with E-state index >= 15 is 0 Å². The molecular formula is C4H8O2P+. The lowest BCUT2D eigenvalue weighted by Crippen LogP contribution is -1.71. The second-order valence-corrected chi connectivity index (χ2v) is 3.37. The molecule has 0 saturated heterocycles. The van der Waals surface area contributed by atoms with Gasteiger partial charge in [0.05, 0.1) is 7.11 Å². The molecule has 1 saturated carbocycles. The molecule has 1 rings (SSSR count). The molecule has 0 radical (unpaired) electrons. The standard InChI is InChI=1S/C4H8O2P/c1-6-7(5)4-2-3-4/h4H,2-3H2,1H3/q+1. The van der Waals surface area contributed by atoms with E-state index in [9.17, 15) is 4.57 Å². The van der Waals surface area contributed by atoms with E-state index in [0.717, 1.165) is 12.8 Å². The van der Waals surface area contributed by atoms with E-state index in [4.69, 9.17) is 0 Å². The summed E-state index contributed by atoms with van der Waals surface area (Å²) >= 11 is 0. The van der Waals surface area contributed by atoms with Gasteiger partial charge in [-0.25, -0.2) is 0 Å². The summed E-state index contributed by atoms with van der Waals surface area (Å²) in [6, 6.07) is 0. The fourth-order valence-corrected chi connectivity index (χ4v) is 1.30. The van der Waals surface area contributed by atoms with Crippen LogP contribution in [0.25, 0.3) is 0 Å². The predicted molar refractivity (Wildman–Crippen MR) is 27.6 cm³/mol. The van der Waals surface area contributed by atoms with Crippen LogP contribution >= 0.6 is 8.03 Å². The normalized spacial score (nSPS) is 22.1. The molecule has 1 atom stereocenters. The van der Waals surface area contributed by atoms with Gasteiger partial charge in [0.1, 0.15) is 0 Å². The van der Waals surface area contributed by atoms with Gasteiger partial charge in [-0.05, 0) is 4.57 Å². The van der Waals surface area contributed by atoms with Gasteiger partial charge in [-0.2, -0.15) is 0 Å². The molecule has 0 spiro atoms. The fraction of sp³-hybridized carbons (Fsp3) is 1.00. The number of rotatable bonds is 2. The molecule has 1 aliphatic rings. The summed E-state index contributed by atoms with van der Waals surface area (Å²) < 4.78 is 15.1. The summed E-state index contributed by atoms with van der Waals surface area (Å²) in [6.45, 7) is 0. The maximum atomic E-state index is 10.5. The fourth-order valence-electron chi connectivity index (χ4n) is 0.434. The molecule has 0 amide bonds. The molecule has 0 N–H and O–H groups in total. The van der Waals surface area contributed by atoms with Crippen LogP contribution in [0.15, 0.2) is 0 Å². The Morgan fingerprint density at radius 2 is 2.29 bits per heavy atom. The van der Waals surface area contributed by atoms with Crippen molar-refractivity contribution in [3.8, 4) is 0 Å². The maximum Gasteiger partial charge on any atom is 0.510 e. The Kier molecular flexibility index (Phi) is 1.40. The van der Waals surface area contributed by atoms with Gasteiger partial charge in [-0.3, -0.25) is 0 Å². The van der Waals surface area contributed by atoms with Crippen molar-refractivity contribution in [2.24, 2.45) is 0 Å². The van der Waals surface area contributed by atoms with E-state index in [-0.39, 0.29) is 0 Å². The van der Waals surface area contributed by atoms with Crippen molar-refractivity contribution in [1.29, 1.82) is 0 Å². The Balaban J connectivity index is 2.24. The quantitative estimate of drug-likeness (QED) is 0.515. The van der Waals surface area contributed by atoms with Gasteiger partial charge in [0.15, 0.2) is 5.66 Å². The number of hydrogen-bond acceptors (Lipinski definition) is 2. The van der Waals surface area contributed by atoms with Crippen LogP contribution in [0.2, 0.25) is 0 Å². The SMILES string of the molecule is CO[P+](=O)C1CC1. The smallest absolute Gasteiger partial charge is 0.149 e. The molecule has 0 bridgehead atoms. The zero-order chi connectivity index (χ0) is 5.28. The minimum Gasteiger partial charge on any atom is -0.149 e. The molecule has 0 heterocycles. The first-order valence-electron chi connectivity index (χ1n) is 2.35. The Hall–Kier alpha value is 0.0600. The Labute approximate surface area is 43.7 Å². The second kappa shape index (κ2) is 1.89. The van der Waals surface area contributed by atoms with Crippen molar-refractivity contribution in [2.75, 3.05) is 7.11 Å². The van der Waals surface area contributed by atoms with E-state index in [1.165, 1.54) is 7.11 Å². The maximum absolute atomic E-state index is 10.5. The minimum atomic E-state index is -1.28. The molecule has 1 aliphatic carbocycles. The van der Waals surface area contributed by atoms with Gasteiger partial charge >= 0.3 is 8.03 Å². The monoisotopic (exact) mass is 119 g/mol. The van der Waals surface area contributed by atoms with Crippen molar-refractivity contribution in [3.05, 3.63) is 0 Å². The summed E-state index contributed by atoms with van der Waals surface area (Å²) in [6.07, 6.45) is 2.20. The van der Waals surface area contributed by atoms with Crippen molar-refractivity contribution in [2.45, 2.75) is 18.5 Å². The average Bonchev–Trinajstić information content (AvgIpc) is 2.44. The third-order valence-electron chi connectivity index (χ3n) is 1.02. The van der Waals surface area contributed by atoms with E-state index in [1.807, 2.05) is 0 Å². The molecule has 1 fully saturated rings. The lowest BCUT2D eigenvalue weighted by atomic mass is 11.0. The molecule has 1 unspecified atom stereocenters. The summed E-state index contributed by atoms with van der Waals surface area (Å²) in [4.78, 5) is 0. The Morgan fingerprint density at radius 3 is 2.43 bits per heavy atom. The van der Waals surface area contributed by atoms with Crippen molar-refractivity contribution >= 4 is 8.03 Å². The summed E-state index contributed by atoms with van der Waals surface area (Å²) in [5.74, 6) is 0. The van der Waals surface area contributed by atoms with Gasteiger partial charge in [-0.15, -0.1) is 4.52 Å². The molecule has 0 aromatic rings. The molecule has 0 aromatic heterocycles. The second-order valence-electron chi connectivity index (χ2n) is 1.70. The van der Waals surface area contributed by atoms with Gasteiger partial charge in [0, 0.05) is 12.8 Å². The summed E-state index contributed by atoms with van der Waals surface area (Å²) in [7, 11) is 0.221. The average molecular weight is 119 g/mol. The van der Waals surface area contributed by atoms with Crippen LogP contribution < -0.4 is 0 Å². The predicted octanol–water partition coefficient (Wildman–Crippen LogP) is 1.54. The van der Waals surface area contributed by atoms with Gasteiger partial charge in [0.2, 0.25) is 0 Å². The molecular weight excluding hydrogens is 111 g/mol. The summed E-state index contributed by atoms with van der Waals surface area (Å²) in [5.41, 5.74) is 0.403. The number of hydrogen-bond donors (Lipinski definition) is 0. The van der Waals surface area contributed by atoms with E-state index in [2.05, 4.69) is 4.52 Å². The lowest BCUT2D eigenvalue weighted by Gasteiger charge is -1.69. The van der Waals surface area contributed by atoms with E-state index < -0.39 is 8.03 Å².